The van der Waals surface area contributed by atoms with Gasteiger partial charge in [-0.1, -0.05) is 71.2 Å². The average molecular weight is 496 g/mol. The molecule has 0 atom stereocenters. The van der Waals surface area contributed by atoms with E-state index >= 15 is 0 Å². The number of carbonyl (C=O) groups excluding carboxylic acids is 1. The molecule has 0 aromatic heterocycles. The summed E-state index contributed by atoms with van der Waals surface area (Å²) >= 11 is 18.4. The molecule has 1 aliphatic rings. The first kappa shape index (κ1) is 22.4. The Morgan fingerprint density at radius 1 is 0.875 bits per heavy atom. The number of amidine groups is 1. The first-order valence-corrected chi connectivity index (χ1v) is 10.3. The fourth-order valence-corrected chi connectivity index (χ4v) is 3.81. The zero-order valence-corrected chi connectivity index (χ0v) is 18.3. The van der Waals surface area contributed by atoms with E-state index in [1.165, 1.54) is 12.1 Å². The fraction of sp³-hybridized carbons (Fsp3) is 0.0435. The van der Waals surface area contributed by atoms with Gasteiger partial charge in [0.1, 0.15) is 11.5 Å². The van der Waals surface area contributed by atoms with E-state index in [0.29, 0.717) is 21.2 Å². The molecule has 0 saturated heterocycles. The normalized spacial score (nSPS) is 15.4. The van der Waals surface area contributed by atoms with Crippen LogP contribution in [0.4, 0.5) is 18.9 Å². The highest BCUT2D eigenvalue weighted by Gasteiger charge is 2.37. The molecule has 0 aliphatic carbocycles. The number of aliphatic imine (C=N–C) groups is 1. The topological polar surface area (TPSA) is 32.7 Å². The van der Waals surface area contributed by atoms with Crippen LogP contribution in [0.5, 0.6) is 0 Å². The van der Waals surface area contributed by atoms with Gasteiger partial charge < -0.3 is 0 Å². The van der Waals surface area contributed by atoms with Crippen molar-refractivity contribution in [2.45, 2.75) is 6.18 Å². The Bertz CT molecular complexity index is 1270. The number of nitrogens with zero attached hydrogens (tertiary/aromatic N) is 2. The summed E-state index contributed by atoms with van der Waals surface area (Å²) in [6.07, 6.45) is -3.16. The quantitative estimate of drug-likeness (QED) is 0.346. The predicted octanol–water partition coefficient (Wildman–Crippen LogP) is 7.50. The smallest absolute Gasteiger partial charge is 0.266 e. The van der Waals surface area contributed by atoms with Gasteiger partial charge in [0.25, 0.3) is 5.91 Å². The summed E-state index contributed by atoms with van der Waals surface area (Å²) < 4.78 is 40.0. The maximum atomic E-state index is 13.3. The monoisotopic (exact) mass is 494 g/mol. The Balaban J connectivity index is 1.88. The van der Waals surface area contributed by atoms with Gasteiger partial charge in [-0.15, -0.1) is 0 Å². The van der Waals surface area contributed by atoms with Gasteiger partial charge in [0, 0.05) is 15.6 Å². The zero-order valence-electron chi connectivity index (χ0n) is 16.0. The Kier molecular flexibility index (Phi) is 6.03. The summed E-state index contributed by atoms with van der Waals surface area (Å²) in [5.74, 6) is -0.496. The number of benzene rings is 3. The van der Waals surface area contributed by atoms with E-state index in [1.807, 2.05) is 0 Å². The number of halogens is 6. The van der Waals surface area contributed by atoms with Crippen LogP contribution in [0.15, 0.2) is 77.4 Å². The number of carbonyl (C=O) groups is 1. The van der Waals surface area contributed by atoms with Crippen molar-refractivity contribution in [3.63, 3.8) is 0 Å². The molecule has 0 radical (unpaired) electrons. The lowest BCUT2D eigenvalue weighted by atomic mass is 10.1. The summed E-state index contributed by atoms with van der Waals surface area (Å²) in [4.78, 5) is 18.8. The molecule has 0 saturated carbocycles. The third kappa shape index (κ3) is 4.39. The molecule has 1 heterocycles. The molecule has 0 N–H and O–H groups in total. The summed E-state index contributed by atoms with van der Waals surface area (Å²) in [6, 6.07) is 16.1. The van der Waals surface area contributed by atoms with Crippen LogP contribution in [0, 0.1) is 0 Å². The summed E-state index contributed by atoms with van der Waals surface area (Å²) in [5.41, 5.74) is -0.0657. The van der Waals surface area contributed by atoms with Crippen LogP contribution in [0.3, 0.4) is 0 Å². The predicted molar refractivity (Wildman–Crippen MR) is 121 cm³/mol. The van der Waals surface area contributed by atoms with Crippen molar-refractivity contribution in [2.75, 3.05) is 4.90 Å². The number of hydrogen-bond acceptors (Lipinski definition) is 2. The number of alkyl halides is 3. The Hall–Kier alpha value is -2.80. The van der Waals surface area contributed by atoms with Crippen LogP contribution in [-0.2, 0) is 11.0 Å². The van der Waals surface area contributed by atoms with Crippen LogP contribution in [-0.4, -0.2) is 11.7 Å². The first-order valence-electron chi connectivity index (χ1n) is 9.17. The summed E-state index contributed by atoms with van der Waals surface area (Å²) in [7, 11) is 0. The van der Waals surface area contributed by atoms with Crippen molar-refractivity contribution in [3.8, 4) is 0 Å². The second-order valence-electron chi connectivity index (χ2n) is 6.80. The molecular weight excluding hydrogens is 484 g/mol. The van der Waals surface area contributed by atoms with Gasteiger partial charge in [-0.3, -0.25) is 9.69 Å². The molecule has 0 spiro atoms. The van der Waals surface area contributed by atoms with Gasteiger partial charge >= 0.3 is 6.18 Å². The van der Waals surface area contributed by atoms with Crippen LogP contribution in [0.25, 0.3) is 6.08 Å². The zero-order chi connectivity index (χ0) is 23.0. The highest BCUT2D eigenvalue weighted by molar-refractivity contribution is 6.39. The number of hydrogen-bond donors (Lipinski definition) is 0. The van der Waals surface area contributed by atoms with E-state index in [1.54, 1.807) is 42.5 Å². The maximum Gasteiger partial charge on any atom is 0.416 e. The maximum absolute atomic E-state index is 13.3. The molecule has 0 unspecified atom stereocenters. The number of rotatable bonds is 3. The third-order valence-electron chi connectivity index (χ3n) is 4.66. The van der Waals surface area contributed by atoms with E-state index in [9.17, 15) is 18.0 Å². The first-order chi connectivity index (χ1) is 15.1. The number of anilines is 1. The Labute approximate surface area is 196 Å². The van der Waals surface area contributed by atoms with Crippen molar-refractivity contribution in [3.05, 3.63) is 104 Å². The standard InChI is InChI=1S/C23H12Cl3F3N2O/c24-16-8-6-14(18(26)12-16)10-19-22(32)31(21(30-19)13-4-2-1-3-5-13)20-11-15(23(27,28)29)7-9-17(20)25/h1-12H/b19-10+. The summed E-state index contributed by atoms with van der Waals surface area (Å²) in [6.45, 7) is 0. The Morgan fingerprint density at radius 3 is 2.25 bits per heavy atom. The highest BCUT2D eigenvalue weighted by atomic mass is 35.5. The highest BCUT2D eigenvalue weighted by Crippen LogP contribution is 2.38. The van der Waals surface area contributed by atoms with E-state index in [2.05, 4.69) is 4.99 Å². The minimum absolute atomic E-state index is 0.0125. The molecule has 0 fully saturated rings. The lowest BCUT2D eigenvalue weighted by Crippen LogP contribution is -2.33. The Morgan fingerprint density at radius 2 is 1.59 bits per heavy atom. The van der Waals surface area contributed by atoms with E-state index in [0.717, 1.165) is 23.1 Å². The minimum atomic E-state index is -4.61. The second-order valence-corrected chi connectivity index (χ2v) is 8.05. The van der Waals surface area contributed by atoms with Crippen LogP contribution >= 0.6 is 34.8 Å². The molecule has 1 aliphatic heterocycles. The molecule has 32 heavy (non-hydrogen) atoms. The van der Waals surface area contributed by atoms with Gasteiger partial charge in [0.05, 0.1) is 16.3 Å². The van der Waals surface area contributed by atoms with Crippen molar-refractivity contribution >= 4 is 58.3 Å². The van der Waals surface area contributed by atoms with Crippen molar-refractivity contribution in [1.29, 1.82) is 0 Å². The van der Waals surface area contributed by atoms with Crippen molar-refractivity contribution < 1.29 is 18.0 Å². The van der Waals surface area contributed by atoms with Crippen molar-refractivity contribution in [2.24, 2.45) is 4.99 Å². The third-order valence-corrected chi connectivity index (χ3v) is 5.54. The molecule has 9 heteroatoms. The molecule has 3 aromatic carbocycles. The van der Waals surface area contributed by atoms with E-state index in [-0.39, 0.29) is 22.2 Å². The SMILES string of the molecule is O=C1/C(=C\c2ccc(Cl)cc2Cl)N=C(c2ccccc2)N1c1cc(C(F)(F)F)ccc1Cl. The van der Waals surface area contributed by atoms with E-state index < -0.39 is 17.6 Å². The van der Waals surface area contributed by atoms with Gasteiger partial charge in [-0.05, 0) is 42.0 Å². The molecule has 4 rings (SSSR count). The lowest BCUT2D eigenvalue weighted by Gasteiger charge is -2.21. The van der Waals surface area contributed by atoms with Crippen LogP contribution in [0.1, 0.15) is 16.7 Å². The fourth-order valence-electron chi connectivity index (χ4n) is 3.15. The minimum Gasteiger partial charge on any atom is -0.266 e. The van der Waals surface area contributed by atoms with Gasteiger partial charge in [0.2, 0.25) is 0 Å². The molecule has 0 bridgehead atoms. The molecular formula is C23H12Cl3F3N2O. The van der Waals surface area contributed by atoms with Gasteiger partial charge in [-0.25, -0.2) is 4.99 Å². The molecule has 162 valence electrons. The van der Waals surface area contributed by atoms with Crippen molar-refractivity contribution in [1.82, 2.24) is 0 Å². The average Bonchev–Trinajstić information content (AvgIpc) is 3.06. The van der Waals surface area contributed by atoms with E-state index in [4.69, 9.17) is 34.8 Å². The van der Waals surface area contributed by atoms with Crippen LogP contribution < -0.4 is 4.90 Å². The largest absolute Gasteiger partial charge is 0.416 e. The second kappa shape index (κ2) is 8.62. The number of amides is 1. The molecule has 3 aromatic rings. The van der Waals surface area contributed by atoms with Gasteiger partial charge in [0.15, 0.2) is 0 Å². The van der Waals surface area contributed by atoms with Gasteiger partial charge in [-0.2, -0.15) is 13.2 Å². The molecule has 3 nitrogen and oxygen atoms in total. The lowest BCUT2D eigenvalue weighted by molar-refractivity contribution is -0.137. The summed E-state index contributed by atoms with van der Waals surface area (Å²) in [5, 5.41) is 0.686. The van der Waals surface area contributed by atoms with Crippen LogP contribution in [0.2, 0.25) is 15.1 Å². The molecule has 1 amide bonds.